The molecule has 0 spiro atoms. The van der Waals surface area contributed by atoms with Crippen molar-refractivity contribution in [3.8, 4) is 0 Å². The van der Waals surface area contributed by atoms with Crippen molar-refractivity contribution in [2.24, 2.45) is 5.73 Å². The Morgan fingerprint density at radius 3 is 2.21 bits per heavy atom. The molecule has 0 aromatic heterocycles. The van der Waals surface area contributed by atoms with Gasteiger partial charge in [-0.1, -0.05) is 0 Å². The number of rotatable bonds is 15. The fourth-order valence-electron chi connectivity index (χ4n) is 1.94. The van der Waals surface area contributed by atoms with E-state index >= 15 is 0 Å². The van der Waals surface area contributed by atoms with Crippen LogP contribution in [0.4, 0.5) is 0 Å². The summed E-state index contributed by atoms with van der Waals surface area (Å²) in [6.07, 6.45) is -2.20. The lowest BCUT2D eigenvalue weighted by Crippen LogP contribution is -2.49. The standard InChI is InChI=1S/C15H27N3O9S/c1-26-15(27-2)10(19)7-28-6-9(13(23)17-5-12(21)22)18-11(20)4-3-8(16)14(24)25/h8-10,15,19H,3-7,16H2,1-2H3,(H,17,23)(H,18,20)(H,21,22)(H,24,25)/t8-,9-,10?/m0/s1. The Morgan fingerprint density at radius 2 is 1.71 bits per heavy atom. The maximum atomic E-state index is 12.1. The number of carboxylic acids is 2. The molecule has 0 rings (SSSR count). The van der Waals surface area contributed by atoms with Crippen molar-refractivity contribution in [3.05, 3.63) is 0 Å². The predicted octanol–water partition coefficient (Wildman–Crippen LogP) is -2.42. The van der Waals surface area contributed by atoms with Gasteiger partial charge in [0.2, 0.25) is 11.8 Å². The molecule has 0 aliphatic carbocycles. The zero-order valence-electron chi connectivity index (χ0n) is 15.6. The lowest BCUT2D eigenvalue weighted by atomic mass is 10.1. The van der Waals surface area contributed by atoms with E-state index in [1.807, 2.05) is 0 Å². The van der Waals surface area contributed by atoms with E-state index in [9.17, 15) is 24.3 Å². The van der Waals surface area contributed by atoms with Crippen LogP contribution in [0.2, 0.25) is 0 Å². The molecule has 0 aromatic carbocycles. The Morgan fingerprint density at radius 1 is 1.11 bits per heavy atom. The van der Waals surface area contributed by atoms with E-state index in [-0.39, 0.29) is 24.3 Å². The Balaban J connectivity index is 4.73. The number of hydrogen-bond donors (Lipinski definition) is 6. The van der Waals surface area contributed by atoms with Gasteiger partial charge < -0.3 is 41.2 Å². The average molecular weight is 425 g/mol. The third kappa shape index (κ3) is 11.0. The SMILES string of the molecule is COC(OC)C(O)CSC[C@H](NC(=O)CC[C@H](N)C(=O)O)C(=O)NCC(=O)O. The van der Waals surface area contributed by atoms with Crippen molar-refractivity contribution in [2.75, 3.05) is 32.3 Å². The van der Waals surface area contributed by atoms with Crippen molar-refractivity contribution >= 4 is 35.5 Å². The maximum absolute atomic E-state index is 12.1. The number of carbonyl (C=O) groups is 4. The number of hydrogen-bond acceptors (Lipinski definition) is 9. The van der Waals surface area contributed by atoms with Crippen LogP contribution >= 0.6 is 11.8 Å². The normalized spacial score (nSPS) is 14.2. The van der Waals surface area contributed by atoms with Crippen LogP contribution in [0, 0.1) is 0 Å². The van der Waals surface area contributed by atoms with Crippen molar-refractivity contribution < 1.29 is 44.0 Å². The van der Waals surface area contributed by atoms with Crippen LogP contribution in [0.25, 0.3) is 0 Å². The van der Waals surface area contributed by atoms with Gasteiger partial charge in [0.25, 0.3) is 0 Å². The Bertz CT molecular complexity index is 531. The molecular formula is C15H27N3O9S. The number of ether oxygens (including phenoxy) is 2. The van der Waals surface area contributed by atoms with E-state index in [4.69, 9.17) is 25.4 Å². The summed E-state index contributed by atoms with van der Waals surface area (Å²) in [6.45, 7) is -0.627. The fraction of sp³-hybridized carbons (Fsp3) is 0.733. The first kappa shape index (κ1) is 26.1. The van der Waals surface area contributed by atoms with Crippen LogP contribution in [0.15, 0.2) is 0 Å². The third-order valence-corrected chi connectivity index (χ3v) is 4.56. The molecule has 0 bridgehead atoms. The zero-order valence-corrected chi connectivity index (χ0v) is 16.4. The molecular weight excluding hydrogens is 398 g/mol. The highest BCUT2D eigenvalue weighted by Gasteiger charge is 2.24. The molecule has 0 saturated heterocycles. The first-order valence-corrected chi connectivity index (χ1v) is 9.36. The molecule has 12 nitrogen and oxygen atoms in total. The van der Waals surface area contributed by atoms with Crippen molar-refractivity contribution in [1.29, 1.82) is 0 Å². The number of aliphatic hydroxyl groups is 1. The Hall–Kier alpha value is -1.93. The summed E-state index contributed by atoms with van der Waals surface area (Å²) in [6, 6.07) is -2.30. The van der Waals surface area contributed by atoms with Crippen LogP contribution in [0.5, 0.6) is 0 Å². The molecule has 162 valence electrons. The number of carbonyl (C=O) groups excluding carboxylic acids is 2. The number of thioether (sulfide) groups is 1. The second kappa shape index (κ2) is 14.1. The maximum Gasteiger partial charge on any atom is 0.322 e. The first-order valence-electron chi connectivity index (χ1n) is 8.21. The fourth-order valence-corrected chi connectivity index (χ4v) is 2.95. The van der Waals surface area contributed by atoms with Gasteiger partial charge in [-0.05, 0) is 6.42 Å². The van der Waals surface area contributed by atoms with E-state index in [0.29, 0.717) is 0 Å². The molecule has 0 fully saturated rings. The van der Waals surface area contributed by atoms with Gasteiger partial charge in [0.05, 0.1) is 0 Å². The number of nitrogens with one attached hydrogen (secondary N) is 2. The quantitative estimate of drug-likeness (QED) is 0.153. The lowest BCUT2D eigenvalue weighted by molar-refractivity contribution is -0.156. The summed E-state index contributed by atoms with van der Waals surface area (Å²) in [4.78, 5) is 45.4. The highest BCUT2D eigenvalue weighted by molar-refractivity contribution is 7.99. The topological polar surface area (TPSA) is 198 Å². The summed E-state index contributed by atoms with van der Waals surface area (Å²) in [5.74, 6) is -3.69. The summed E-state index contributed by atoms with van der Waals surface area (Å²) in [5, 5.41) is 31.8. The molecule has 0 aliphatic heterocycles. The van der Waals surface area contributed by atoms with Crippen LogP contribution < -0.4 is 16.4 Å². The molecule has 7 N–H and O–H groups in total. The number of amides is 2. The minimum Gasteiger partial charge on any atom is -0.480 e. The predicted molar refractivity (Wildman–Crippen MR) is 98.6 cm³/mol. The van der Waals surface area contributed by atoms with E-state index < -0.39 is 54.8 Å². The number of carboxylic acid groups (broad SMARTS) is 2. The molecule has 2 amide bonds. The third-order valence-electron chi connectivity index (χ3n) is 3.42. The second-order valence-electron chi connectivity index (χ2n) is 5.66. The first-order chi connectivity index (χ1) is 13.1. The smallest absolute Gasteiger partial charge is 0.322 e. The molecule has 28 heavy (non-hydrogen) atoms. The Kier molecular flexibility index (Phi) is 13.1. The molecule has 13 heteroatoms. The number of methoxy groups -OCH3 is 2. The van der Waals surface area contributed by atoms with Gasteiger partial charge in [-0.25, -0.2) is 0 Å². The molecule has 0 aliphatic rings. The van der Waals surface area contributed by atoms with Crippen molar-refractivity contribution in [3.63, 3.8) is 0 Å². The number of nitrogens with two attached hydrogens (primary N) is 1. The van der Waals surface area contributed by atoms with Crippen LogP contribution in [-0.4, -0.2) is 95.8 Å². The molecule has 3 atom stereocenters. The number of aliphatic carboxylic acids is 2. The zero-order chi connectivity index (χ0) is 21.7. The van der Waals surface area contributed by atoms with Gasteiger partial charge in [-0.2, -0.15) is 11.8 Å². The van der Waals surface area contributed by atoms with Crippen molar-refractivity contribution in [2.45, 2.75) is 37.3 Å². The summed E-state index contributed by atoms with van der Waals surface area (Å²) in [7, 11) is 2.71. The monoisotopic (exact) mass is 425 g/mol. The van der Waals surface area contributed by atoms with Gasteiger partial charge in [-0.15, -0.1) is 0 Å². The van der Waals surface area contributed by atoms with Crippen LogP contribution in [0.3, 0.4) is 0 Å². The number of aliphatic hydroxyl groups excluding tert-OH is 1. The van der Waals surface area contributed by atoms with Crippen molar-refractivity contribution in [1.82, 2.24) is 10.6 Å². The van der Waals surface area contributed by atoms with Crippen LogP contribution in [-0.2, 0) is 28.7 Å². The second-order valence-corrected chi connectivity index (χ2v) is 6.73. The highest BCUT2D eigenvalue weighted by Crippen LogP contribution is 2.11. The molecule has 0 radical (unpaired) electrons. The summed E-state index contributed by atoms with van der Waals surface area (Å²) in [5.41, 5.74) is 5.32. The van der Waals surface area contributed by atoms with E-state index in [1.165, 1.54) is 14.2 Å². The van der Waals surface area contributed by atoms with Gasteiger partial charge in [0.15, 0.2) is 6.29 Å². The summed E-state index contributed by atoms with van der Waals surface area (Å²) >= 11 is 1.11. The van der Waals surface area contributed by atoms with Gasteiger partial charge >= 0.3 is 11.9 Å². The van der Waals surface area contributed by atoms with Crippen LogP contribution in [0.1, 0.15) is 12.8 Å². The van der Waals surface area contributed by atoms with E-state index in [2.05, 4.69) is 10.6 Å². The average Bonchev–Trinajstić information content (AvgIpc) is 2.64. The van der Waals surface area contributed by atoms with E-state index in [0.717, 1.165) is 11.8 Å². The molecule has 0 saturated carbocycles. The molecule has 0 heterocycles. The molecule has 1 unspecified atom stereocenters. The Labute approximate surface area is 166 Å². The van der Waals surface area contributed by atoms with Gasteiger partial charge in [-0.3, -0.25) is 19.2 Å². The van der Waals surface area contributed by atoms with E-state index in [1.54, 1.807) is 0 Å². The summed E-state index contributed by atoms with van der Waals surface area (Å²) < 4.78 is 9.82. The minimum absolute atomic E-state index is 0.0272. The largest absolute Gasteiger partial charge is 0.480 e. The van der Waals surface area contributed by atoms with Gasteiger partial charge in [0, 0.05) is 32.1 Å². The molecule has 0 aromatic rings. The van der Waals surface area contributed by atoms with Gasteiger partial charge in [0.1, 0.15) is 24.7 Å². The minimum atomic E-state index is -1.25. The lowest BCUT2D eigenvalue weighted by Gasteiger charge is -2.21. The highest BCUT2D eigenvalue weighted by atomic mass is 32.2.